The number of ether oxygens (including phenoxy) is 1. The molecule has 3 aromatic carbocycles. The molecule has 17 nitrogen and oxygen atoms in total. The summed E-state index contributed by atoms with van der Waals surface area (Å²) in [7, 11) is 0. The van der Waals surface area contributed by atoms with Crippen LogP contribution in [0.15, 0.2) is 84.0 Å². The molecule has 63 heavy (non-hydrogen) atoms. The van der Waals surface area contributed by atoms with E-state index < -0.39 is 59.7 Å². The molecule has 4 atom stereocenters. The standard InChI is InChI=1S/C46H60N10O7/c1-3-5-20-40(58)56-46(22-21-33-30(26-46)15-11-19-38(33)63-4-2)44(62)55-36(24-29-13-7-6-8-14-29)43(61)53-35(18-12-23-50-45(48)49)42(60)54-37(41(59)52-28-39(47)57)25-31-27-51-34-17-10-9-16-32(31)34/h6-11,13-17,19,27,35-37,51H,3-5,12,18,20-26,28H2,1-2H3,(H2,47,57)(H,52,59)(H,53,61)(H,54,60)(H,55,62)(H,56,58)(H4,48,49,50)/t35-,36+,37-,46+/m0/s1. The molecule has 336 valence electrons. The Labute approximate surface area is 367 Å². The Hall–Kier alpha value is -6.91. The normalized spacial score (nSPS) is 15.7. The van der Waals surface area contributed by atoms with Crippen molar-refractivity contribution in [2.45, 2.75) is 102 Å². The molecule has 4 aromatic rings. The highest BCUT2D eigenvalue weighted by Crippen LogP contribution is 2.35. The number of amides is 6. The quantitative estimate of drug-likeness (QED) is 0.0298. The number of fused-ring (bicyclic) bond motifs is 2. The number of rotatable bonds is 23. The highest BCUT2D eigenvalue weighted by molar-refractivity contribution is 5.98. The monoisotopic (exact) mass is 864 g/mol. The number of aromatic amines is 1. The second kappa shape index (κ2) is 22.8. The van der Waals surface area contributed by atoms with Crippen molar-refractivity contribution in [3.63, 3.8) is 0 Å². The van der Waals surface area contributed by atoms with E-state index in [2.05, 4.69) is 36.6 Å². The number of H-pyrrole nitrogens is 1. The number of nitrogens with one attached hydrogen (secondary N) is 6. The molecule has 5 rings (SSSR count). The zero-order chi connectivity index (χ0) is 45.4. The molecule has 12 N–H and O–H groups in total. The van der Waals surface area contributed by atoms with Crippen LogP contribution in [0, 0.1) is 0 Å². The number of aromatic nitrogens is 1. The maximum atomic E-state index is 14.8. The Kier molecular flexibility index (Phi) is 17.1. The molecule has 1 aliphatic rings. The predicted molar refractivity (Wildman–Crippen MR) is 240 cm³/mol. The molecule has 0 saturated heterocycles. The number of nitrogens with two attached hydrogens (primary N) is 3. The smallest absolute Gasteiger partial charge is 0.246 e. The number of aliphatic imine (C=N–C) groups is 1. The zero-order valence-electron chi connectivity index (χ0n) is 36.0. The Balaban J connectivity index is 1.45. The van der Waals surface area contributed by atoms with Crippen molar-refractivity contribution in [2.24, 2.45) is 22.2 Å². The Morgan fingerprint density at radius 1 is 0.810 bits per heavy atom. The van der Waals surface area contributed by atoms with Gasteiger partial charge in [0.2, 0.25) is 35.4 Å². The van der Waals surface area contributed by atoms with E-state index in [4.69, 9.17) is 21.9 Å². The predicted octanol–water partition coefficient (Wildman–Crippen LogP) is 1.70. The molecule has 0 spiro atoms. The number of hydrogen-bond donors (Lipinski definition) is 9. The number of hydrogen-bond acceptors (Lipinski definition) is 8. The number of unbranched alkanes of at least 4 members (excludes halogenated alkanes) is 1. The minimum absolute atomic E-state index is 0.0307. The summed E-state index contributed by atoms with van der Waals surface area (Å²) in [5, 5.41) is 15.0. The highest BCUT2D eigenvalue weighted by atomic mass is 16.5. The number of carbonyl (C=O) groups excluding carboxylic acids is 6. The summed E-state index contributed by atoms with van der Waals surface area (Å²) in [6.45, 7) is 4.02. The third-order valence-corrected chi connectivity index (χ3v) is 11.0. The van der Waals surface area contributed by atoms with E-state index in [-0.39, 0.29) is 63.4 Å². The molecule has 0 saturated carbocycles. The summed E-state index contributed by atoms with van der Waals surface area (Å²) in [4.78, 5) is 89.5. The van der Waals surface area contributed by atoms with Crippen LogP contribution in [-0.2, 0) is 54.5 Å². The Bertz CT molecular complexity index is 2260. The lowest BCUT2D eigenvalue weighted by Gasteiger charge is -2.39. The molecule has 0 fully saturated rings. The van der Waals surface area contributed by atoms with E-state index in [9.17, 15) is 28.8 Å². The van der Waals surface area contributed by atoms with Crippen LogP contribution in [0.3, 0.4) is 0 Å². The van der Waals surface area contributed by atoms with Gasteiger partial charge in [-0.2, -0.15) is 0 Å². The fourth-order valence-electron chi connectivity index (χ4n) is 7.83. The second-order valence-corrected chi connectivity index (χ2v) is 15.8. The van der Waals surface area contributed by atoms with Crippen molar-refractivity contribution in [2.75, 3.05) is 19.7 Å². The van der Waals surface area contributed by atoms with Crippen molar-refractivity contribution in [3.8, 4) is 5.75 Å². The minimum Gasteiger partial charge on any atom is -0.494 e. The van der Waals surface area contributed by atoms with Crippen molar-refractivity contribution in [1.29, 1.82) is 0 Å². The van der Waals surface area contributed by atoms with E-state index >= 15 is 0 Å². The molecule has 1 aliphatic carbocycles. The fraction of sp³-hybridized carbons (Fsp3) is 0.413. The first kappa shape index (κ1) is 47.1. The van der Waals surface area contributed by atoms with Crippen LogP contribution in [-0.4, -0.2) is 89.7 Å². The summed E-state index contributed by atoms with van der Waals surface area (Å²) >= 11 is 0. The summed E-state index contributed by atoms with van der Waals surface area (Å²) in [6, 6.07) is 18.6. The Morgan fingerprint density at radius 2 is 1.52 bits per heavy atom. The van der Waals surface area contributed by atoms with Gasteiger partial charge < -0.3 is 53.5 Å². The minimum atomic E-state index is -1.40. The largest absolute Gasteiger partial charge is 0.494 e. The van der Waals surface area contributed by atoms with Crippen LogP contribution in [0.2, 0.25) is 0 Å². The molecule has 0 radical (unpaired) electrons. The van der Waals surface area contributed by atoms with Gasteiger partial charge in [-0.05, 0) is 73.4 Å². The number of benzene rings is 3. The van der Waals surface area contributed by atoms with Gasteiger partial charge in [0.25, 0.3) is 0 Å². The van der Waals surface area contributed by atoms with Gasteiger partial charge in [0.1, 0.15) is 29.4 Å². The second-order valence-electron chi connectivity index (χ2n) is 15.8. The van der Waals surface area contributed by atoms with Crippen molar-refractivity contribution in [1.82, 2.24) is 31.6 Å². The number of para-hydroxylation sites is 1. The van der Waals surface area contributed by atoms with Crippen LogP contribution in [0.25, 0.3) is 10.9 Å². The number of primary amides is 1. The van der Waals surface area contributed by atoms with E-state index in [1.807, 2.05) is 86.6 Å². The van der Waals surface area contributed by atoms with Crippen molar-refractivity contribution in [3.05, 3.63) is 101 Å². The summed E-state index contributed by atoms with van der Waals surface area (Å²) in [5.41, 5.74) is 19.1. The van der Waals surface area contributed by atoms with Gasteiger partial charge in [-0.3, -0.25) is 33.8 Å². The SMILES string of the molecule is CCCCC(=O)N[C@]1(C(=O)N[C@H](Cc2ccccc2)C(=O)N[C@@H](CCCN=C(N)N)C(=O)N[C@@H](Cc2c[nH]c3ccccc23)C(=O)NCC(N)=O)CCc2c(cccc2OCC)C1. The molecule has 0 aliphatic heterocycles. The zero-order valence-corrected chi connectivity index (χ0v) is 36.0. The maximum absolute atomic E-state index is 14.8. The average Bonchev–Trinajstić information content (AvgIpc) is 3.68. The summed E-state index contributed by atoms with van der Waals surface area (Å²) in [6.07, 6.45) is 4.60. The molecule has 1 heterocycles. The first-order valence-corrected chi connectivity index (χ1v) is 21.5. The lowest BCUT2D eigenvalue weighted by molar-refractivity contribution is -0.137. The summed E-state index contributed by atoms with van der Waals surface area (Å²) in [5.74, 6) is -3.07. The molecule has 17 heteroatoms. The lowest BCUT2D eigenvalue weighted by atomic mass is 9.76. The van der Waals surface area contributed by atoms with Gasteiger partial charge in [0.15, 0.2) is 5.96 Å². The first-order chi connectivity index (χ1) is 30.3. The topological polar surface area (TPSA) is 278 Å². The van der Waals surface area contributed by atoms with Crippen LogP contribution in [0.5, 0.6) is 5.75 Å². The van der Waals surface area contributed by atoms with Crippen LogP contribution in [0.1, 0.15) is 74.6 Å². The van der Waals surface area contributed by atoms with Gasteiger partial charge in [-0.1, -0.05) is 74.0 Å². The third-order valence-electron chi connectivity index (χ3n) is 11.0. The van der Waals surface area contributed by atoms with Gasteiger partial charge in [-0.15, -0.1) is 0 Å². The van der Waals surface area contributed by atoms with Gasteiger partial charge in [0.05, 0.1) is 13.2 Å². The summed E-state index contributed by atoms with van der Waals surface area (Å²) < 4.78 is 5.90. The van der Waals surface area contributed by atoms with Crippen molar-refractivity contribution >= 4 is 52.3 Å². The number of guanidine groups is 1. The van der Waals surface area contributed by atoms with Gasteiger partial charge >= 0.3 is 0 Å². The van der Waals surface area contributed by atoms with Gasteiger partial charge in [0, 0.05) is 49.3 Å². The van der Waals surface area contributed by atoms with E-state index in [1.54, 1.807) is 6.20 Å². The molecule has 6 amide bonds. The Morgan fingerprint density at radius 3 is 2.25 bits per heavy atom. The third kappa shape index (κ3) is 13.3. The van der Waals surface area contributed by atoms with Gasteiger partial charge in [-0.25, -0.2) is 0 Å². The van der Waals surface area contributed by atoms with Crippen LogP contribution in [0.4, 0.5) is 0 Å². The van der Waals surface area contributed by atoms with Crippen LogP contribution >= 0.6 is 0 Å². The van der Waals surface area contributed by atoms with E-state index in [0.717, 1.165) is 45.3 Å². The molecule has 1 aromatic heterocycles. The average molecular weight is 865 g/mol. The van der Waals surface area contributed by atoms with Crippen LogP contribution < -0.4 is 48.5 Å². The molecular weight excluding hydrogens is 805 g/mol. The molecule has 0 unspecified atom stereocenters. The van der Waals surface area contributed by atoms with Crippen molar-refractivity contribution < 1.29 is 33.5 Å². The molecule has 0 bridgehead atoms. The van der Waals surface area contributed by atoms with E-state index in [0.29, 0.717) is 19.4 Å². The maximum Gasteiger partial charge on any atom is 0.246 e. The fourth-order valence-corrected chi connectivity index (χ4v) is 7.83. The number of nitrogens with zero attached hydrogens (tertiary/aromatic N) is 1. The number of carbonyl (C=O) groups is 6. The van der Waals surface area contributed by atoms with E-state index in [1.165, 1.54) is 0 Å². The highest BCUT2D eigenvalue weighted by Gasteiger charge is 2.45. The first-order valence-electron chi connectivity index (χ1n) is 21.5. The molecular formula is C46H60N10O7. The lowest BCUT2D eigenvalue weighted by Crippen LogP contribution is -2.65.